The number of rotatable bonds is 5. The number of ether oxygens (including phenoxy) is 1. The molecule has 84 valence electrons. The van der Waals surface area contributed by atoms with E-state index in [4.69, 9.17) is 9.84 Å². The average Bonchev–Trinajstić information content (AvgIpc) is 2.19. The van der Waals surface area contributed by atoms with Crippen molar-refractivity contribution in [3.05, 3.63) is 0 Å². The van der Waals surface area contributed by atoms with Gasteiger partial charge in [-0.25, -0.2) is 0 Å². The second-order valence-electron chi connectivity index (χ2n) is 3.94. The van der Waals surface area contributed by atoms with Crippen molar-refractivity contribution in [2.75, 3.05) is 39.9 Å². The van der Waals surface area contributed by atoms with Crippen molar-refractivity contribution in [1.82, 2.24) is 10.2 Å². The van der Waals surface area contributed by atoms with Crippen LogP contribution in [0.4, 0.5) is 0 Å². The standard InChI is InChI=1S/C10H22N2O2/c1-9-7-12(5-6-14-9)4-3-10(8-13)11-2/h9-11,13H,3-8H2,1-2H3. The van der Waals surface area contributed by atoms with Crippen LogP contribution >= 0.6 is 0 Å². The highest BCUT2D eigenvalue weighted by atomic mass is 16.5. The Kier molecular flexibility index (Phi) is 5.40. The molecule has 0 saturated carbocycles. The van der Waals surface area contributed by atoms with Crippen LogP contribution < -0.4 is 5.32 Å². The van der Waals surface area contributed by atoms with Gasteiger partial charge in [-0.3, -0.25) is 4.90 Å². The van der Waals surface area contributed by atoms with Crippen LogP contribution in [0, 0.1) is 0 Å². The summed E-state index contributed by atoms with van der Waals surface area (Å²) in [4.78, 5) is 2.40. The van der Waals surface area contributed by atoms with Gasteiger partial charge in [0.2, 0.25) is 0 Å². The molecule has 2 N–H and O–H groups in total. The van der Waals surface area contributed by atoms with Gasteiger partial charge < -0.3 is 15.2 Å². The Morgan fingerprint density at radius 2 is 2.43 bits per heavy atom. The summed E-state index contributed by atoms with van der Waals surface area (Å²) in [6.07, 6.45) is 1.35. The predicted molar refractivity (Wildman–Crippen MR) is 56.4 cm³/mol. The van der Waals surface area contributed by atoms with Gasteiger partial charge in [-0.2, -0.15) is 0 Å². The highest BCUT2D eigenvalue weighted by Crippen LogP contribution is 2.05. The minimum absolute atomic E-state index is 0.219. The van der Waals surface area contributed by atoms with Crippen LogP contribution in [0.1, 0.15) is 13.3 Å². The third-order valence-corrected chi connectivity index (χ3v) is 2.75. The number of hydrogen-bond acceptors (Lipinski definition) is 4. The summed E-state index contributed by atoms with van der Waals surface area (Å²) in [7, 11) is 1.89. The Morgan fingerprint density at radius 3 is 3.00 bits per heavy atom. The number of nitrogens with zero attached hydrogens (tertiary/aromatic N) is 1. The highest BCUT2D eigenvalue weighted by Gasteiger charge is 2.17. The van der Waals surface area contributed by atoms with Gasteiger partial charge in [0.25, 0.3) is 0 Å². The monoisotopic (exact) mass is 202 g/mol. The van der Waals surface area contributed by atoms with E-state index >= 15 is 0 Å². The zero-order valence-electron chi connectivity index (χ0n) is 9.20. The molecule has 1 saturated heterocycles. The first-order chi connectivity index (χ1) is 6.76. The topological polar surface area (TPSA) is 44.7 Å². The van der Waals surface area contributed by atoms with Crippen molar-refractivity contribution >= 4 is 0 Å². The molecule has 0 aromatic heterocycles. The Hall–Kier alpha value is -0.160. The maximum absolute atomic E-state index is 9.00. The zero-order valence-corrected chi connectivity index (χ0v) is 9.20. The van der Waals surface area contributed by atoms with Crippen LogP contribution in [0.2, 0.25) is 0 Å². The molecule has 2 unspecified atom stereocenters. The molecule has 0 bridgehead atoms. The molecule has 0 aromatic carbocycles. The largest absolute Gasteiger partial charge is 0.395 e. The molecule has 1 heterocycles. The molecule has 14 heavy (non-hydrogen) atoms. The van der Waals surface area contributed by atoms with Crippen LogP contribution in [0.5, 0.6) is 0 Å². The minimum atomic E-state index is 0.219. The molecular weight excluding hydrogens is 180 g/mol. The fourth-order valence-corrected chi connectivity index (χ4v) is 1.76. The third kappa shape index (κ3) is 3.92. The van der Waals surface area contributed by atoms with Gasteiger partial charge in [-0.1, -0.05) is 0 Å². The molecule has 1 rings (SSSR count). The van der Waals surface area contributed by atoms with E-state index in [1.54, 1.807) is 0 Å². The van der Waals surface area contributed by atoms with Crippen LogP contribution in [0.25, 0.3) is 0 Å². The number of aliphatic hydroxyl groups is 1. The van der Waals surface area contributed by atoms with Gasteiger partial charge >= 0.3 is 0 Å². The SMILES string of the molecule is CNC(CO)CCN1CCOC(C)C1. The third-order valence-electron chi connectivity index (χ3n) is 2.75. The van der Waals surface area contributed by atoms with Gasteiger partial charge in [0, 0.05) is 19.1 Å². The summed E-state index contributed by atoms with van der Waals surface area (Å²) in [5.41, 5.74) is 0. The molecule has 1 fully saturated rings. The van der Waals surface area contributed by atoms with Gasteiger partial charge in [0.05, 0.1) is 19.3 Å². The van der Waals surface area contributed by atoms with Crippen molar-refractivity contribution in [2.45, 2.75) is 25.5 Å². The molecule has 0 radical (unpaired) electrons. The molecule has 0 spiro atoms. The first-order valence-electron chi connectivity index (χ1n) is 5.38. The van der Waals surface area contributed by atoms with Gasteiger partial charge in [0.15, 0.2) is 0 Å². The number of morpholine rings is 1. The lowest BCUT2D eigenvalue weighted by atomic mass is 10.2. The van der Waals surface area contributed by atoms with Crippen molar-refractivity contribution in [1.29, 1.82) is 0 Å². The lowest BCUT2D eigenvalue weighted by molar-refractivity contribution is -0.0195. The summed E-state index contributed by atoms with van der Waals surface area (Å²) in [6, 6.07) is 0.230. The second kappa shape index (κ2) is 6.35. The zero-order chi connectivity index (χ0) is 10.4. The lowest BCUT2D eigenvalue weighted by Gasteiger charge is -2.31. The molecule has 0 aromatic rings. The molecule has 1 aliphatic rings. The quantitative estimate of drug-likeness (QED) is 0.641. The Morgan fingerprint density at radius 1 is 1.64 bits per heavy atom. The van der Waals surface area contributed by atoms with E-state index in [-0.39, 0.29) is 12.6 Å². The first kappa shape index (κ1) is 11.9. The van der Waals surface area contributed by atoms with Crippen molar-refractivity contribution in [2.24, 2.45) is 0 Å². The fraction of sp³-hybridized carbons (Fsp3) is 1.00. The van der Waals surface area contributed by atoms with E-state index in [0.717, 1.165) is 32.7 Å². The first-order valence-corrected chi connectivity index (χ1v) is 5.38. The van der Waals surface area contributed by atoms with E-state index in [0.29, 0.717) is 6.10 Å². The molecule has 4 heteroatoms. The van der Waals surface area contributed by atoms with E-state index in [1.165, 1.54) is 0 Å². The molecule has 2 atom stereocenters. The van der Waals surface area contributed by atoms with E-state index in [2.05, 4.69) is 17.1 Å². The summed E-state index contributed by atoms with van der Waals surface area (Å²) in [5.74, 6) is 0. The summed E-state index contributed by atoms with van der Waals surface area (Å²) in [5, 5.41) is 12.1. The maximum atomic E-state index is 9.00. The Balaban J connectivity index is 2.16. The number of nitrogens with one attached hydrogen (secondary N) is 1. The molecule has 4 nitrogen and oxygen atoms in total. The van der Waals surface area contributed by atoms with Crippen molar-refractivity contribution in [3.8, 4) is 0 Å². The Bertz CT molecular complexity index is 151. The van der Waals surface area contributed by atoms with Crippen LogP contribution in [-0.4, -0.2) is 62.0 Å². The maximum Gasteiger partial charge on any atom is 0.0674 e. The van der Waals surface area contributed by atoms with Crippen LogP contribution in [-0.2, 0) is 4.74 Å². The van der Waals surface area contributed by atoms with E-state index in [9.17, 15) is 0 Å². The summed E-state index contributed by atoms with van der Waals surface area (Å²) in [6.45, 7) is 6.24. The molecule has 1 aliphatic heterocycles. The summed E-state index contributed by atoms with van der Waals surface area (Å²) < 4.78 is 5.46. The average molecular weight is 202 g/mol. The summed E-state index contributed by atoms with van der Waals surface area (Å²) >= 11 is 0. The number of hydrogen-bond donors (Lipinski definition) is 2. The smallest absolute Gasteiger partial charge is 0.0674 e. The van der Waals surface area contributed by atoms with Gasteiger partial charge in [-0.15, -0.1) is 0 Å². The van der Waals surface area contributed by atoms with E-state index < -0.39 is 0 Å². The normalized spacial score (nSPS) is 26.4. The van der Waals surface area contributed by atoms with Crippen LogP contribution in [0.3, 0.4) is 0 Å². The number of aliphatic hydroxyl groups excluding tert-OH is 1. The van der Waals surface area contributed by atoms with Crippen LogP contribution in [0.15, 0.2) is 0 Å². The molecular formula is C10H22N2O2. The van der Waals surface area contributed by atoms with Gasteiger partial charge in [0.1, 0.15) is 0 Å². The molecule has 0 aliphatic carbocycles. The minimum Gasteiger partial charge on any atom is -0.395 e. The lowest BCUT2D eigenvalue weighted by Crippen LogP contribution is -2.43. The fourth-order valence-electron chi connectivity index (χ4n) is 1.76. The van der Waals surface area contributed by atoms with Crippen molar-refractivity contribution in [3.63, 3.8) is 0 Å². The second-order valence-corrected chi connectivity index (χ2v) is 3.94. The van der Waals surface area contributed by atoms with Gasteiger partial charge in [-0.05, 0) is 26.9 Å². The van der Waals surface area contributed by atoms with E-state index in [1.807, 2.05) is 7.05 Å². The highest BCUT2D eigenvalue weighted by molar-refractivity contribution is 4.71. The Labute approximate surface area is 86.2 Å². The molecule has 0 amide bonds. The van der Waals surface area contributed by atoms with Crippen molar-refractivity contribution < 1.29 is 9.84 Å². The predicted octanol–water partition coefficient (Wildman–Crippen LogP) is -0.322. The number of likely N-dealkylation sites (N-methyl/N-ethyl adjacent to an activating group) is 1.